The van der Waals surface area contributed by atoms with E-state index in [9.17, 15) is 4.79 Å². The molecule has 0 amide bonds. The largest absolute Gasteiger partial charge is 0.481 e. The first-order valence-corrected chi connectivity index (χ1v) is 6.53. The summed E-state index contributed by atoms with van der Waals surface area (Å²) in [7, 11) is 0. The number of nitrogens with zero attached hydrogens (tertiary/aromatic N) is 1. The molecular weight excluding hydrogens is 218 g/mol. The molecule has 0 aromatic rings. The molecule has 1 saturated heterocycles. The van der Waals surface area contributed by atoms with Crippen LogP contribution < -0.4 is 0 Å². The van der Waals surface area contributed by atoms with Gasteiger partial charge in [0, 0.05) is 26.2 Å². The summed E-state index contributed by atoms with van der Waals surface area (Å²) in [5.41, 5.74) is 0. The van der Waals surface area contributed by atoms with E-state index in [1.807, 2.05) is 6.92 Å². The first-order valence-electron chi connectivity index (χ1n) is 6.53. The zero-order valence-corrected chi connectivity index (χ0v) is 11.2. The van der Waals surface area contributed by atoms with Crippen LogP contribution in [0.5, 0.6) is 0 Å². The van der Waals surface area contributed by atoms with Gasteiger partial charge in [-0.2, -0.15) is 0 Å². The molecule has 2 unspecified atom stereocenters. The number of aliphatic carboxylic acids is 1. The Hall–Kier alpha value is -0.610. The van der Waals surface area contributed by atoms with Crippen LogP contribution in [0.25, 0.3) is 0 Å². The van der Waals surface area contributed by atoms with Gasteiger partial charge < -0.3 is 9.84 Å². The number of likely N-dealkylation sites (tertiary alicyclic amines) is 1. The number of hydrogen-bond donors (Lipinski definition) is 1. The third kappa shape index (κ3) is 5.04. The number of hydrogen-bond acceptors (Lipinski definition) is 3. The van der Waals surface area contributed by atoms with Gasteiger partial charge in [0.1, 0.15) is 0 Å². The highest BCUT2D eigenvalue weighted by Gasteiger charge is 2.34. The van der Waals surface area contributed by atoms with Gasteiger partial charge in [0.2, 0.25) is 0 Å². The molecule has 0 spiro atoms. The van der Waals surface area contributed by atoms with Gasteiger partial charge in [0.15, 0.2) is 0 Å². The van der Waals surface area contributed by atoms with Crippen molar-refractivity contribution in [2.45, 2.75) is 27.2 Å². The average Bonchev–Trinajstić information content (AvgIpc) is 2.59. The van der Waals surface area contributed by atoms with Crippen LogP contribution in [0.3, 0.4) is 0 Å². The van der Waals surface area contributed by atoms with Gasteiger partial charge in [-0.25, -0.2) is 0 Å². The van der Waals surface area contributed by atoms with E-state index in [0.717, 1.165) is 26.1 Å². The lowest BCUT2D eigenvalue weighted by atomic mass is 9.99. The summed E-state index contributed by atoms with van der Waals surface area (Å²) in [5, 5.41) is 9.01. The van der Waals surface area contributed by atoms with E-state index in [-0.39, 0.29) is 11.8 Å². The molecule has 1 fully saturated rings. The summed E-state index contributed by atoms with van der Waals surface area (Å²) >= 11 is 0. The SMILES string of the molecule is CC(C)CCOCCN1CC(C)C(C(=O)O)C1. The second kappa shape index (κ2) is 6.97. The van der Waals surface area contributed by atoms with Gasteiger partial charge in [-0.1, -0.05) is 20.8 Å². The molecule has 0 aliphatic carbocycles. The predicted molar refractivity (Wildman–Crippen MR) is 67.0 cm³/mol. The molecule has 0 saturated carbocycles. The van der Waals surface area contributed by atoms with Gasteiger partial charge in [-0.05, 0) is 18.3 Å². The smallest absolute Gasteiger partial charge is 0.308 e. The maximum absolute atomic E-state index is 11.0. The Labute approximate surface area is 104 Å². The van der Waals surface area contributed by atoms with E-state index >= 15 is 0 Å². The predicted octanol–water partition coefficient (Wildman–Crippen LogP) is 1.70. The Morgan fingerprint density at radius 3 is 2.65 bits per heavy atom. The Balaban J connectivity index is 2.11. The van der Waals surface area contributed by atoms with Crippen molar-refractivity contribution in [1.82, 2.24) is 4.90 Å². The van der Waals surface area contributed by atoms with Crippen LogP contribution >= 0.6 is 0 Å². The van der Waals surface area contributed by atoms with Crippen LogP contribution in [0.2, 0.25) is 0 Å². The van der Waals surface area contributed by atoms with Crippen molar-refractivity contribution in [2.75, 3.05) is 32.8 Å². The third-order valence-corrected chi connectivity index (χ3v) is 3.40. The second-order valence-electron chi connectivity index (χ2n) is 5.48. The van der Waals surface area contributed by atoms with Crippen molar-refractivity contribution >= 4 is 5.97 Å². The molecule has 0 bridgehead atoms. The number of carboxylic acids is 1. The van der Waals surface area contributed by atoms with E-state index in [0.29, 0.717) is 19.1 Å². The van der Waals surface area contributed by atoms with Crippen molar-refractivity contribution in [3.8, 4) is 0 Å². The fraction of sp³-hybridized carbons (Fsp3) is 0.923. The lowest BCUT2D eigenvalue weighted by Crippen LogP contribution is -2.27. The molecule has 4 heteroatoms. The highest BCUT2D eigenvalue weighted by molar-refractivity contribution is 5.71. The number of carbonyl (C=O) groups is 1. The van der Waals surface area contributed by atoms with E-state index in [2.05, 4.69) is 18.7 Å². The highest BCUT2D eigenvalue weighted by Crippen LogP contribution is 2.22. The summed E-state index contributed by atoms with van der Waals surface area (Å²) < 4.78 is 5.55. The van der Waals surface area contributed by atoms with E-state index in [4.69, 9.17) is 9.84 Å². The zero-order chi connectivity index (χ0) is 12.8. The van der Waals surface area contributed by atoms with Crippen LogP contribution in [0.4, 0.5) is 0 Å². The minimum atomic E-state index is -0.666. The van der Waals surface area contributed by atoms with Crippen molar-refractivity contribution in [2.24, 2.45) is 17.8 Å². The first kappa shape index (κ1) is 14.5. The maximum atomic E-state index is 11.0. The summed E-state index contributed by atoms with van der Waals surface area (Å²) in [5.74, 6) is 0.0627. The normalized spacial score (nSPS) is 25.6. The quantitative estimate of drug-likeness (QED) is 0.691. The summed E-state index contributed by atoms with van der Waals surface area (Å²) in [6.07, 6.45) is 1.09. The van der Waals surface area contributed by atoms with Crippen LogP contribution in [-0.2, 0) is 9.53 Å². The molecule has 0 radical (unpaired) electrons. The van der Waals surface area contributed by atoms with E-state index in [1.54, 1.807) is 0 Å². The van der Waals surface area contributed by atoms with Crippen molar-refractivity contribution in [1.29, 1.82) is 0 Å². The second-order valence-corrected chi connectivity index (χ2v) is 5.48. The molecule has 1 aliphatic heterocycles. The van der Waals surface area contributed by atoms with Crippen molar-refractivity contribution in [3.05, 3.63) is 0 Å². The summed E-state index contributed by atoms with van der Waals surface area (Å²) in [4.78, 5) is 13.1. The molecule has 1 rings (SSSR count). The number of rotatable bonds is 7. The van der Waals surface area contributed by atoms with Crippen LogP contribution in [0.1, 0.15) is 27.2 Å². The number of ether oxygens (including phenoxy) is 1. The molecule has 100 valence electrons. The molecule has 0 aromatic carbocycles. The molecule has 4 nitrogen and oxygen atoms in total. The van der Waals surface area contributed by atoms with Crippen LogP contribution in [-0.4, -0.2) is 48.8 Å². The fourth-order valence-electron chi connectivity index (χ4n) is 2.19. The minimum Gasteiger partial charge on any atom is -0.481 e. The molecule has 1 heterocycles. The summed E-state index contributed by atoms with van der Waals surface area (Å²) in [6.45, 7) is 10.3. The first-order chi connectivity index (χ1) is 8.00. The Morgan fingerprint density at radius 2 is 2.12 bits per heavy atom. The van der Waals surface area contributed by atoms with Gasteiger partial charge in [0.25, 0.3) is 0 Å². The Kier molecular flexibility index (Phi) is 5.92. The maximum Gasteiger partial charge on any atom is 0.308 e. The Bertz CT molecular complexity index is 243. The lowest BCUT2D eigenvalue weighted by Gasteiger charge is -2.15. The fourth-order valence-corrected chi connectivity index (χ4v) is 2.19. The average molecular weight is 243 g/mol. The topological polar surface area (TPSA) is 49.8 Å². The molecule has 1 N–H and O–H groups in total. The van der Waals surface area contributed by atoms with Gasteiger partial charge in [0.05, 0.1) is 12.5 Å². The standard InChI is InChI=1S/C13H25NO3/c1-10(2)4-6-17-7-5-14-8-11(3)12(9-14)13(15)16/h10-12H,4-9H2,1-3H3,(H,15,16). The lowest BCUT2D eigenvalue weighted by molar-refractivity contribution is -0.142. The van der Waals surface area contributed by atoms with Crippen LogP contribution in [0.15, 0.2) is 0 Å². The summed E-state index contributed by atoms with van der Waals surface area (Å²) in [6, 6.07) is 0. The van der Waals surface area contributed by atoms with E-state index < -0.39 is 5.97 Å². The molecule has 1 aliphatic rings. The van der Waals surface area contributed by atoms with Gasteiger partial charge in [-0.3, -0.25) is 9.69 Å². The Morgan fingerprint density at radius 1 is 1.41 bits per heavy atom. The van der Waals surface area contributed by atoms with Crippen molar-refractivity contribution in [3.63, 3.8) is 0 Å². The highest BCUT2D eigenvalue weighted by atomic mass is 16.5. The van der Waals surface area contributed by atoms with Gasteiger partial charge >= 0.3 is 5.97 Å². The monoisotopic (exact) mass is 243 g/mol. The number of carboxylic acid groups (broad SMARTS) is 1. The molecule has 2 atom stereocenters. The van der Waals surface area contributed by atoms with Crippen molar-refractivity contribution < 1.29 is 14.6 Å². The van der Waals surface area contributed by atoms with E-state index in [1.165, 1.54) is 0 Å². The molecule has 17 heavy (non-hydrogen) atoms. The van der Waals surface area contributed by atoms with Crippen LogP contribution in [0, 0.1) is 17.8 Å². The van der Waals surface area contributed by atoms with Gasteiger partial charge in [-0.15, -0.1) is 0 Å². The third-order valence-electron chi connectivity index (χ3n) is 3.40. The minimum absolute atomic E-state index is 0.203. The molecule has 0 aromatic heterocycles. The zero-order valence-electron chi connectivity index (χ0n) is 11.2. The molecular formula is C13H25NO3.